The van der Waals surface area contributed by atoms with E-state index in [9.17, 15) is 4.79 Å². The second kappa shape index (κ2) is 6.99. The van der Waals surface area contributed by atoms with Gasteiger partial charge in [0.15, 0.2) is 0 Å². The molecule has 1 aromatic rings. The molecule has 2 atom stereocenters. The SMILES string of the molecule is Cl.O=C(O)C1CCCCC1NCc1cccs1. The Morgan fingerprint density at radius 3 is 2.88 bits per heavy atom. The number of thiophene rings is 1. The molecule has 0 aliphatic heterocycles. The van der Waals surface area contributed by atoms with Gasteiger partial charge in [-0.1, -0.05) is 18.9 Å². The zero-order valence-electron chi connectivity index (χ0n) is 9.59. The van der Waals surface area contributed by atoms with Crippen LogP contribution in [0.1, 0.15) is 30.6 Å². The Kier molecular flexibility index (Phi) is 5.95. The van der Waals surface area contributed by atoms with Crippen LogP contribution in [-0.4, -0.2) is 17.1 Å². The van der Waals surface area contributed by atoms with Gasteiger partial charge in [-0.05, 0) is 24.3 Å². The molecule has 1 fully saturated rings. The van der Waals surface area contributed by atoms with Crippen molar-refractivity contribution in [2.24, 2.45) is 5.92 Å². The Hall–Kier alpha value is -0.580. The van der Waals surface area contributed by atoms with Crippen LogP contribution in [0.15, 0.2) is 17.5 Å². The fourth-order valence-corrected chi connectivity index (χ4v) is 2.97. The third kappa shape index (κ3) is 3.98. The molecule has 0 bridgehead atoms. The van der Waals surface area contributed by atoms with Crippen LogP contribution in [-0.2, 0) is 11.3 Å². The summed E-state index contributed by atoms with van der Waals surface area (Å²) >= 11 is 1.71. The summed E-state index contributed by atoms with van der Waals surface area (Å²) in [5, 5.41) is 14.6. The van der Waals surface area contributed by atoms with E-state index in [1.54, 1.807) is 11.3 Å². The third-order valence-corrected chi connectivity index (χ3v) is 4.08. The first-order chi connectivity index (χ1) is 7.77. The monoisotopic (exact) mass is 275 g/mol. The lowest BCUT2D eigenvalue weighted by Gasteiger charge is -2.29. The highest BCUT2D eigenvalue weighted by molar-refractivity contribution is 7.09. The average molecular weight is 276 g/mol. The first-order valence-corrected chi connectivity index (χ1v) is 6.64. The Bertz CT molecular complexity index is 342. The second-order valence-electron chi connectivity index (χ2n) is 4.30. The summed E-state index contributed by atoms with van der Waals surface area (Å²) < 4.78 is 0. The number of carbonyl (C=O) groups is 1. The van der Waals surface area contributed by atoms with E-state index in [2.05, 4.69) is 11.4 Å². The summed E-state index contributed by atoms with van der Waals surface area (Å²) in [4.78, 5) is 12.4. The number of hydrogen-bond donors (Lipinski definition) is 2. The van der Waals surface area contributed by atoms with E-state index >= 15 is 0 Å². The van der Waals surface area contributed by atoms with Crippen molar-refractivity contribution in [3.63, 3.8) is 0 Å². The summed E-state index contributed by atoms with van der Waals surface area (Å²) in [5.41, 5.74) is 0. The van der Waals surface area contributed by atoms with Gasteiger partial charge in [-0.3, -0.25) is 4.79 Å². The van der Waals surface area contributed by atoms with Crippen molar-refractivity contribution >= 4 is 29.7 Å². The number of halogens is 1. The van der Waals surface area contributed by atoms with Gasteiger partial charge in [0.25, 0.3) is 0 Å². The van der Waals surface area contributed by atoms with Gasteiger partial charge in [-0.15, -0.1) is 23.7 Å². The Morgan fingerprint density at radius 2 is 2.24 bits per heavy atom. The van der Waals surface area contributed by atoms with Gasteiger partial charge in [0.05, 0.1) is 5.92 Å². The molecule has 0 radical (unpaired) electrons. The van der Waals surface area contributed by atoms with Crippen LogP contribution in [0.3, 0.4) is 0 Å². The summed E-state index contributed by atoms with van der Waals surface area (Å²) in [5.74, 6) is -0.850. The molecule has 1 heterocycles. The van der Waals surface area contributed by atoms with E-state index in [1.165, 1.54) is 4.88 Å². The van der Waals surface area contributed by atoms with Crippen LogP contribution in [0.5, 0.6) is 0 Å². The van der Waals surface area contributed by atoms with Gasteiger partial charge in [0.2, 0.25) is 0 Å². The topological polar surface area (TPSA) is 49.3 Å². The number of rotatable bonds is 4. The van der Waals surface area contributed by atoms with Gasteiger partial charge in [0, 0.05) is 17.5 Å². The first kappa shape index (κ1) is 14.5. The highest BCUT2D eigenvalue weighted by atomic mass is 35.5. The van der Waals surface area contributed by atoms with Crippen LogP contribution in [0, 0.1) is 5.92 Å². The van der Waals surface area contributed by atoms with Crippen molar-refractivity contribution in [3.8, 4) is 0 Å². The molecule has 5 heteroatoms. The highest BCUT2D eigenvalue weighted by Gasteiger charge is 2.30. The average Bonchev–Trinajstić information content (AvgIpc) is 2.79. The Labute approximate surface area is 112 Å². The fourth-order valence-electron chi connectivity index (χ4n) is 2.32. The minimum Gasteiger partial charge on any atom is -0.481 e. The van der Waals surface area contributed by atoms with E-state index in [-0.39, 0.29) is 24.4 Å². The smallest absolute Gasteiger partial charge is 0.308 e. The maximum Gasteiger partial charge on any atom is 0.308 e. The molecule has 1 saturated carbocycles. The van der Waals surface area contributed by atoms with Crippen molar-refractivity contribution in [2.45, 2.75) is 38.3 Å². The molecule has 0 spiro atoms. The number of nitrogens with one attached hydrogen (secondary N) is 1. The Morgan fingerprint density at radius 1 is 1.47 bits per heavy atom. The molecule has 0 aromatic carbocycles. The van der Waals surface area contributed by atoms with Crippen molar-refractivity contribution in [1.82, 2.24) is 5.32 Å². The van der Waals surface area contributed by atoms with E-state index in [4.69, 9.17) is 5.11 Å². The number of aliphatic carboxylic acids is 1. The maximum atomic E-state index is 11.1. The van der Waals surface area contributed by atoms with Gasteiger partial charge in [-0.2, -0.15) is 0 Å². The predicted molar refractivity (Wildman–Crippen MR) is 71.8 cm³/mol. The van der Waals surface area contributed by atoms with Crippen LogP contribution in [0.2, 0.25) is 0 Å². The standard InChI is InChI=1S/C12H17NO2S.ClH/c14-12(15)10-5-1-2-6-11(10)13-8-9-4-3-7-16-9;/h3-4,7,10-11,13H,1-2,5-6,8H2,(H,14,15);1H. The lowest BCUT2D eigenvalue weighted by molar-refractivity contribution is -0.143. The zero-order valence-corrected chi connectivity index (χ0v) is 11.2. The number of carboxylic acids is 1. The first-order valence-electron chi connectivity index (χ1n) is 5.76. The molecule has 1 aromatic heterocycles. The molecule has 1 aliphatic rings. The molecule has 0 saturated heterocycles. The summed E-state index contributed by atoms with van der Waals surface area (Å²) in [6, 6.07) is 4.25. The van der Waals surface area contributed by atoms with E-state index in [0.29, 0.717) is 0 Å². The number of hydrogen-bond acceptors (Lipinski definition) is 3. The van der Waals surface area contributed by atoms with Crippen molar-refractivity contribution in [2.75, 3.05) is 0 Å². The normalized spacial score (nSPS) is 24.0. The summed E-state index contributed by atoms with van der Waals surface area (Å²) in [6.45, 7) is 0.798. The van der Waals surface area contributed by atoms with E-state index < -0.39 is 5.97 Å². The van der Waals surface area contributed by atoms with Gasteiger partial charge >= 0.3 is 5.97 Å². The number of carboxylic acid groups (broad SMARTS) is 1. The predicted octanol–water partition coefficient (Wildman–Crippen LogP) is 2.90. The zero-order chi connectivity index (χ0) is 11.4. The van der Waals surface area contributed by atoms with Crippen LogP contribution < -0.4 is 5.32 Å². The molecule has 1 aliphatic carbocycles. The van der Waals surface area contributed by atoms with Crippen molar-refractivity contribution in [3.05, 3.63) is 22.4 Å². The Balaban J connectivity index is 0.00000144. The molecular weight excluding hydrogens is 258 g/mol. The van der Waals surface area contributed by atoms with Crippen molar-refractivity contribution < 1.29 is 9.90 Å². The molecule has 2 unspecified atom stereocenters. The summed E-state index contributed by atoms with van der Waals surface area (Å²) in [6.07, 6.45) is 4.00. The minimum absolute atomic E-state index is 0. The fraction of sp³-hybridized carbons (Fsp3) is 0.583. The van der Waals surface area contributed by atoms with Crippen LogP contribution >= 0.6 is 23.7 Å². The molecule has 2 N–H and O–H groups in total. The molecule has 17 heavy (non-hydrogen) atoms. The lowest BCUT2D eigenvalue weighted by atomic mass is 9.84. The van der Waals surface area contributed by atoms with Gasteiger partial charge < -0.3 is 10.4 Å². The van der Waals surface area contributed by atoms with Crippen LogP contribution in [0.25, 0.3) is 0 Å². The molecule has 0 amide bonds. The van der Waals surface area contributed by atoms with Crippen molar-refractivity contribution in [1.29, 1.82) is 0 Å². The highest BCUT2D eigenvalue weighted by Crippen LogP contribution is 2.25. The van der Waals surface area contributed by atoms with Gasteiger partial charge in [-0.25, -0.2) is 0 Å². The molecule has 96 valence electrons. The molecule has 3 nitrogen and oxygen atoms in total. The third-order valence-electron chi connectivity index (χ3n) is 3.20. The van der Waals surface area contributed by atoms with Gasteiger partial charge in [0.1, 0.15) is 0 Å². The van der Waals surface area contributed by atoms with Crippen LogP contribution in [0.4, 0.5) is 0 Å². The summed E-state index contributed by atoms with van der Waals surface area (Å²) in [7, 11) is 0. The lowest BCUT2D eigenvalue weighted by Crippen LogP contribution is -2.41. The van der Waals surface area contributed by atoms with E-state index in [0.717, 1.165) is 32.2 Å². The minimum atomic E-state index is -0.650. The second-order valence-corrected chi connectivity index (χ2v) is 5.33. The molecule has 2 rings (SSSR count). The largest absolute Gasteiger partial charge is 0.481 e. The molecular formula is C12H18ClNO2S. The quantitative estimate of drug-likeness (QED) is 0.888. The maximum absolute atomic E-state index is 11.1. The van der Waals surface area contributed by atoms with E-state index in [1.807, 2.05) is 11.4 Å².